The summed E-state index contributed by atoms with van der Waals surface area (Å²) in [6.45, 7) is 2.47. The van der Waals surface area contributed by atoms with E-state index < -0.39 is 24.1 Å². The molecule has 8 nitrogen and oxygen atoms in total. The van der Waals surface area contributed by atoms with Crippen LogP contribution in [0.25, 0.3) is 0 Å². The number of nitriles is 1. The summed E-state index contributed by atoms with van der Waals surface area (Å²) in [6, 6.07) is 8.31. The van der Waals surface area contributed by atoms with Crippen molar-refractivity contribution in [1.82, 2.24) is 20.4 Å². The highest BCUT2D eigenvalue weighted by Gasteiger charge is 2.34. The molecule has 11 heteroatoms. The lowest BCUT2D eigenvalue weighted by Gasteiger charge is -2.23. The zero-order chi connectivity index (χ0) is 27.5. The Morgan fingerprint density at radius 2 is 2.05 bits per heavy atom. The number of carbonyl (C=O) groups is 2. The van der Waals surface area contributed by atoms with Crippen LogP contribution in [0.15, 0.2) is 24.3 Å². The maximum absolute atomic E-state index is 13.2. The molecule has 4 rings (SSSR count). The van der Waals surface area contributed by atoms with Gasteiger partial charge >= 0.3 is 6.18 Å². The summed E-state index contributed by atoms with van der Waals surface area (Å²) in [4.78, 5) is 25.7. The van der Waals surface area contributed by atoms with Gasteiger partial charge in [-0.05, 0) is 56.7 Å². The van der Waals surface area contributed by atoms with Crippen molar-refractivity contribution in [3.05, 3.63) is 46.8 Å². The van der Waals surface area contributed by atoms with Gasteiger partial charge in [0, 0.05) is 19.0 Å². The highest BCUT2D eigenvalue weighted by molar-refractivity contribution is 5.98. The Kier molecular flexibility index (Phi) is 7.99. The number of amides is 2. The molecule has 0 bridgehead atoms. The molecule has 0 unspecified atom stereocenters. The predicted octanol–water partition coefficient (Wildman–Crippen LogP) is 4.08. The first-order chi connectivity index (χ1) is 17.9. The second-order valence-electron chi connectivity index (χ2n) is 10.6. The summed E-state index contributed by atoms with van der Waals surface area (Å²) < 4.78 is 44.0. The SMILES string of the molecule is CC(C)(C#N)C(=O)NCc1c2c(nn1CCC1CC1)C[C@H](CCc1cccc(OCC(F)(F)F)c1)NC2=O. The van der Waals surface area contributed by atoms with Gasteiger partial charge in [0.1, 0.15) is 11.2 Å². The van der Waals surface area contributed by atoms with E-state index in [0.29, 0.717) is 48.7 Å². The molecule has 38 heavy (non-hydrogen) atoms. The minimum atomic E-state index is -4.41. The summed E-state index contributed by atoms with van der Waals surface area (Å²) in [7, 11) is 0. The van der Waals surface area contributed by atoms with Crippen LogP contribution in [0, 0.1) is 22.7 Å². The first kappa shape index (κ1) is 27.5. The van der Waals surface area contributed by atoms with Crippen molar-refractivity contribution < 1.29 is 27.5 Å². The van der Waals surface area contributed by atoms with Crippen molar-refractivity contribution in [3.8, 4) is 11.8 Å². The van der Waals surface area contributed by atoms with E-state index in [2.05, 4.69) is 10.6 Å². The van der Waals surface area contributed by atoms with Crippen LogP contribution in [-0.4, -0.2) is 40.4 Å². The fourth-order valence-electron chi connectivity index (χ4n) is 4.48. The van der Waals surface area contributed by atoms with Crippen LogP contribution < -0.4 is 15.4 Å². The van der Waals surface area contributed by atoms with Gasteiger partial charge in [-0.2, -0.15) is 23.5 Å². The van der Waals surface area contributed by atoms with Gasteiger partial charge in [-0.15, -0.1) is 0 Å². The number of fused-ring (bicyclic) bond motifs is 1. The molecule has 204 valence electrons. The van der Waals surface area contributed by atoms with Gasteiger partial charge in [0.05, 0.1) is 29.6 Å². The molecular formula is C27H32F3N5O3. The fraction of sp³-hybridized carbons (Fsp3) is 0.556. The van der Waals surface area contributed by atoms with Gasteiger partial charge in [0.15, 0.2) is 6.61 Å². The lowest BCUT2D eigenvalue weighted by Crippen LogP contribution is -2.42. The number of benzene rings is 1. The third-order valence-electron chi connectivity index (χ3n) is 6.92. The molecule has 1 aromatic carbocycles. The normalized spacial score (nSPS) is 17.4. The van der Waals surface area contributed by atoms with Crippen LogP contribution in [0.5, 0.6) is 5.75 Å². The average molecular weight is 532 g/mol. The third kappa shape index (κ3) is 7.05. The van der Waals surface area contributed by atoms with Crippen LogP contribution in [0.4, 0.5) is 13.2 Å². The molecule has 2 N–H and O–H groups in total. The second kappa shape index (κ2) is 11.1. The van der Waals surface area contributed by atoms with Gasteiger partial charge in [-0.25, -0.2) is 0 Å². The van der Waals surface area contributed by atoms with Gasteiger partial charge in [-0.3, -0.25) is 14.3 Å². The molecule has 1 saturated carbocycles. The van der Waals surface area contributed by atoms with E-state index >= 15 is 0 Å². The molecule has 2 heterocycles. The number of aryl methyl sites for hydroxylation is 2. The molecule has 0 spiro atoms. The molecular weight excluding hydrogens is 499 g/mol. The van der Waals surface area contributed by atoms with E-state index in [0.717, 1.165) is 12.0 Å². The van der Waals surface area contributed by atoms with Crippen molar-refractivity contribution in [1.29, 1.82) is 5.26 Å². The van der Waals surface area contributed by atoms with Gasteiger partial charge in [0.2, 0.25) is 5.91 Å². The lowest BCUT2D eigenvalue weighted by atomic mass is 9.94. The predicted molar refractivity (Wildman–Crippen MR) is 132 cm³/mol. The summed E-state index contributed by atoms with van der Waals surface area (Å²) in [6.07, 6.45) is 0.539. The molecule has 2 aliphatic rings. The highest BCUT2D eigenvalue weighted by atomic mass is 19.4. The van der Waals surface area contributed by atoms with Crippen LogP contribution >= 0.6 is 0 Å². The largest absolute Gasteiger partial charge is 0.484 e. The van der Waals surface area contributed by atoms with E-state index in [9.17, 15) is 28.0 Å². The summed E-state index contributed by atoms with van der Waals surface area (Å²) >= 11 is 0. The maximum Gasteiger partial charge on any atom is 0.422 e. The molecule has 1 fully saturated rings. The van der Waals surface area contributed by atoms with E-state index in [1.54, 1.807) is 12.1 Å². The Morgan fingerprint density at radius 1 is 1.29 bits per heavy atom. The van der Waals surface area contributed by atoms with Crippen LogP contribution in [0.3, 0.4) is 0 Å². The van der Waals surface area contributed by atoms with Gasteiger partial charge < -0.3 is 15.4 Å². The minimum absolute atomic E-state index is 0.0970. The van der Waals surface area contributed by atoms with Crippen LogP contribution in [0.1, 0.15) is 66.8 Å². The number of halogens is 3. The maximum atomic E-state index is 13.2. The van der Waals surface area contributed by atoms with Crippen molar-refractivity contribution in [2.24, 2.45) is 11.3 Å². The number of hydrogen-bond donors (Lipinski definition) is 2. The molecule has 2 amide bonds. The molecule has 1 aromatic heterocycles. The topological polar surface area (TPSA) is 109 Å². The van der Waals surface area contributed by atoms with E-state index in [-0.39, 0.29) is 24.2 Å². The smallest absolute Gasteiger partial charge is 0.422 e. The molecule has 0 radical (unpaired) electrons. The monoisotopic (exact) mass is 531 g/mol. The average Bonchev–Trinajstić information content (AvgIpc) is 3.63. The van der Waals surface area contributed by atoms with Crippen molar-refractivity contribution >= 4 is 11.8 Å². The first-order valence-corrected chi connectivity index (χ1v) is 12.8. The number of nitrogens with zero attached hydrogens (tertiary/aromatic N) is 3. The Hall–Kier alpha value is -3.55. The van der Waals surface area contributed by atoms with E-state index in [1.807, 2.05) is 16.8 Å². The van der Waals surface area contributed by atoms with Crippen molar-refractivity contribution in [3.63, 3.8) is 0 Å². The molecule has 2 aromatic rings. The highest BCUT2D eigenvalue weighted by Crippen LogP contribution is 2.33. The Morgan fingerprint density at radius 3 is 2.74 bits per heavy atom. The standard InChI is InChI=1S/C27H32F3N5O3/c1-26(2,15-31)25(37)32-14-22-23-21(34-35(22)11-10-17-6-7-17)13-19(33-24(23)36)9-8-18-4-3-5-20(12-18)38-16-27(28,29)30/h3-5,12,17,19H,6-11,13-14,16H2,1-2H3,(H,32,37)(H,33,36)/t19-/m0/s1. The molecule has 0 saturated heterocycles. The first-order valence-electron chi connectivity index (χ1n) is 12.8. The molecule has 1 aliphatic carbocycles. The number of alkyl halides is 3. The Labute approximate surface area is 219 Å². The minimum Gasteiger partial charge on any atom is -0.484 e. The number of ether oxygens (including phenoxy) is 1. The van der Waals surface area contributed by atoms with E-state index in [4.69, 9.17) is 9.84 Å². The van der Waals surface area contributed by atoms with Crippen molar-refractivity contribution in [2.45, 2.75) is 77.7 Å². The number of aromatic nitrogens is 2. The zero-order valence-electron chi connectivity index (χ0n) is 21.5. The Bertz CT molecular complexity index is 1230. The zero-order valence-corrected chi connectivity index (χ0v) is 21.5. The third-order valence-corrected chi connectivity index (χ3v) is 6.92. The lowest BCUT2D eigenvalue weighted by molar-refractivity contribution is -0.153. The number of nitrogens with one attached hydrogen (secondary N) is 2. The number of hydrogen-bond acceptors (Lipinski definition) is 5. The van der Waals surface area contributed by atoms with Gasteiger partial charge in [-0.1, -0.05) is 25.0 Å². The van der Waals surface area contributed by atoms with Crippen molar-refractivity contribution in [2.75, 3.05) is 6.61 Å². The number of carbonyl (C=O) groups excluding carboxylic acids is 2. The summed E-state index contributed by atoms with van der Waals surface area (Å²) in [5, 5.41) is 19.8. The van der Waals surface area contributed by atoms with E-state index in [1.165, 1.54) is 32.8 Å². The number of rotatable bonds is 11. The summed E-state index contributed by atoms with van der Waals surface area (Å²) in [5.41, 5.74) is 1.38. The van der Waals surface area contributed by atoms with Crippen LogP contribution in [0.2, 0.25) is 0 Å². The molecule has 1 atom stereocenters. The Balaban J connectivity index is 1.44. The van der Waals surface area contributed by atoms with Crippen LogP contribution in [-0.2, 0) is 30.7 Å². The van der Waals surface area contributed by atoms with Gasteiger partial charge in [0.25, 0.3) is 5.91 Å². The summed E-state index contributed by atoms with van der Waals surface area (Å²) in [5.74, 6) is 0.128. The fourth-order valence-corrected chi connectivity index (χ4v) is 4.48. The quantitative estimate of drug-likeness (QED) is 0.454. The molecule has 1 aliphatic heterocycles. The second-order valence-corrected chi connectivity index (χ2v) is 10.6.